The number of aromatic nitrogens is 8. The molecule has 0 radical (unpaired) electrons. The van der Waals surface area contributed by atoms with Crippen LogP contribution >= 0.6 is 0 Å². The highest BCUT2D eigenvalue weighted by atomic mass is 16.1. The molecular weight excluding hydrogens is 264 g/mol. The monoisotopic (exact) mass is 272 g/mol. The first-order valence-electron chi connectivity index (χ1n) is 5.50. The van der Waals surface area contributed by atoms with Gasteiger partial charge in [-0.1, -0.05) is 0 Å². The van der Waals surface area contributed by atoms with Gasteiger partial charge in [0.2, 0.25) is 0 Å². The van der Waals surface area contributed by atoms with Crippen molar-refractivity contribution in [2.75, 3.05) is 0 Å². The Morgan fingerprint density at radius 1 is 0.750 bits per heavy atom. The summed E-state index contributed by atoms with van der Waals surface area (Å²) in [5.41, 5.74) is -0.301. The summed E-state index contributed by atoms with van der Waals surface area (Å²) < 4.78 is 2.53. The second-order valence-electron chi connectivity index (χ2n) is 3.61. The first kappa shape index (κ1) is 11.8. The Hall–Kier alpha value is -3.30. The zero-order chi connectivity index (χ0) is 13.9. The average Bonchev–Trinajstić information content (AvgIpc) is 3.08. The van der Waals surface area contributed by atoms with Crippen LogP contribution in [0, 0.1) is 0 Å². The normalized spacial score (nSPS) is 10.4. The molecule has 0 aliphatic heterocycles. The van der Waals surface area contributed by atoms with E-state index in [1.54, 1.807) is 0 Å². The van der Waals surface area contributed by atoms with Crippen LogP contribution in [0.2, 0.25) is 0 Å². The number of H-pyrrole nitrogens is 2. The molecule has 0 spiro atoms. The Balaban J connectivity index is 0.000000121. The lowest BCUT2D eigenvalue weighted by atomic mass is 10.7. The number of aromatic amines is 2. The molecule has 0 bridgehead atoms. The summed E-state index contributed by atoms with van der Waals surface area (Å²) in [4.78, 5) is 37.0. The van der Waals surface area contributed by atoms with Crippen LogP contribution in [0.3, 0.4) is 0 Å². The maximum atomic E-state index is 10.9. The third-order valence-corrected chi connectivity index (χ3v) is 2.39. The summed E-state index contributed by atoms with van der Waals surface area (Å²) in [5, 5.41) is 5.24. The summed E-state index contributed by atoms with van der Waals surface area (Å²) in [7, 11) is 0. The summed E-state index contributed by atoms with van der Waals surface area (Å²) in [6.07, 6.45) is 5.70. The summed E-state index contributed by atoms with van der Waals surface area (Å²) >= 11 is 0. The van der Waals surface area contributed by atoms with E-state index in [4.69, 9.17) is 0 Å². The van der Waals surface area contributed by atoms with Crippen molar-refractivity contribution in [1.82, 2.24) is 39.2 Å². The first-order valence-corrected chi connectivity index (χ1v) is 5.50. The van der Waals surface area contributed by atoms with E-state index >= 15 is 0 Å². The first-order chi connectivity index (χ1) is 9.75. The highest BCUT2D eigenvalue weighted by Crippen LogP contribution is 1.83. The molecule has 4 rings (SSSR count). The van der Waals surface area contributed by atoms with Crippen molar-refractivity contribution in [3.63, 3.8) is 0 Å². The van der Waals surface area contributed by atoms with Crippen molar-refractivity contribution in [3.8, 4) is 0 Å². The van der Waals surface area contributed by atoms with E-state index in [-0.39, 0.29) is 11.1 Å². The van der Waals surface area contributed by atoms with Crippen LogP contribution in [0.25, 0.3) is 11.6 Å². The van der Waals surface area contributed by atoms with E-state index in [9.17, 15) is 9.59 Å². The summed E-state index contributed by atoms with van der Waals surface area (Å²) in [5.74, 6) is 0.792. The van der Waals surface area contributed by atoms with Gasteiger partial charge in [0.05, 0.1) is 0 Å². The number of rotatable bonds is 0. The Morgan fingerprint density at radius 3 is 1.60 bits per heavy atom. The van der Waals surface area contributed by atoms with Crippen molar-refractivity contribution in [1.29, 1.82) is 0 Å². The van der Waals surface area contributed by atoms with E-state index < -0.39 is 0 Å². The fourth-order valence-electron chi connectivity index (χ4n) is 1.51. The predicted octanol–water partition coefficient (Wildman–Crippen LogP) is -1.16. The number of nitrogens with zero attached hydrogens (tertiary/aromatic N) is 6. The molecular formula is C10H8N8O2. The van der Waals surface area contributed by atoms with Crippen LogP contribution in [-0.4, -0.2) is 39.2 Å². The molecule has 20 heavy (non-hydrogen) atoms. The maximum absolute atomic E-state index is 10.9. The minimum atomic E-state index is -0.150. The summed E-state index contributed by atoms with van der Waals surface area (Å²) in [6.45, 7) is 0. The standard InChI is InChI=1S/2C5H4N4O/c2*10-4-1-2-6-5-7-3-8-9(4)5/h2*1-3H,(H,6,7,8). The molecule has 0 amide bonds. The zero-order valence-electron chi connectivity index (χ0n) is 9.96. The van der Waals surface area contributed by atoms with Gasteiger partial charge in [0.25, 0.3) is 22.7 Å². The Labute approximate surface area is 109 Å². The van der Waals surface area contributed by atoms with Crippen LogP contribution < -0.4 is 11.1 Å². The van der Waals surface area contributed by atoms with E-state index in [2.05, 4.69) is 30.1 Å². The second kappa shape index (κ2) is 4.76. The van der Waals surface area contributed by atoms with Gasteiger partial charge in [0.1, 0.15) is 12.7 Å². The van der Waals surface area contributed by atoms with E-state index in [1.807, 2.05) is 0 Å². The van der Waals surface area contributed by atoms with Crippen LogP contribution in [0.1, 0.15) is 0 Å². The molecule has 0 aromatic carbocycles. The average molecular weight is 272 g/mol. The molecule has 0 saturated heterocycles. The van der Waals surface area contributed by atoms with Crippen molar-refractivity contribution >= 4 is 11.6 Å². The molecule has 0 saturated carbocycles. The quantitative estimate of drug-likeness (QED) is 0.415. The topological polar surface area (TPSA) is 126 Å². The fraction of sp³-hybridized carbons (Fsp3) is 0. The van der Waals surface area contributed by atoms with Gasteiger partial charge >= 0.3 is 0 Å². The molecule has 0 fully saturated rings. The Morgan fingerprint density at radius 2 is 1.20 bits per heavy atom. The lowest BCUT2D eigenvalue weighted by molar-refractivity contribution is 0.899. The van der Waals surface area contributed by atoms with Crippen molar-refractivity contribution in [3.05, 3.63) is 57.9 Å². The molecule has 4 aromatic rings. The number of hydrogen-bond donors (Lipinski definition) is 2. The molecule has 0 atom stereocenters. The summed E-state index contributed by atoms with van der Waals surface area (Å²) in [6, 6.07) is 2.73. The van der Waals surface area contributed by atoms with Crippen molar-refractivity contribution in [2.45, 2.75) is 0 Å². The SMILES string of the molecule is O=c1ccnc2nc[nH]n12.O=c1ccnc2nc[nH]n12. The highest BCUT2D eigenvalue weighted by molar-refractivity contribution is 5.22. The number of fused-ring (bicyclic) bond motifs is 2. The molecule has 4 aromatic heterocycles. The minimum Gasteiger partial charge on any atom is -0.278 e. The van der Waals surface area contributed by atoms with Crippen LogP contribution in [0.5, 0.6) is 0 Å². The highest BCUT2D eigenvalue weighted by Gasteiger charge is 1.95. The molecule has 10 nitrogen and oxygen atoms in total. The van der Waals surface area contributed by atoms with Crippen LogP contribution in [0.4, 0.5) is 0 Å². The molecule has 4 heterocycles. The van der Waals surface area contributed by atoms with Gasteiger partial charge < -0.3 is 0 Å². The largest absolute Gasteiger partial charge is 0.278 e. The predicted molar refractivity (Wildman–Crippen MR) is 67.2 cm³/mol. The molecule has 100 valence electrons. The lowest BCUT2D eigenvalue weighted by Gasteiger charge is -1.84. The third kappa shape index (κ3) is 2.05. The van der Waals surface area contributed by atoms with Crippen molar-refractivity contribution in [2.24, 2.45) is 0 Å². The van der Waals surface area contributed by atoms with Gasteiger partial charge in [-0.3, -0.25) is 19.8 Å². The minimum absolute atomic E-state index is 0.150. The fourth-order valence-corrected chi connectivity index (χ4v) is 1.51. The molecule has 0 unspecified atom stereocenters. The Kier molecular flexibility index (Phi) is 2.80. The molecule has 2 N–H and O–H groups in total. The molecule has 0 aliphatic carbocycles. The van der Waals surface area contributed by atoms with Gasteiger partial charge in [-0.15, -0.1) is 0 Å². The van der Waals surface area contributed by atoms with Crippen LogP contribution in [-0.2, 0) is 0 Å². The van der Waals surface area contributed by atoms with E-state index in [0.29, 0.717) is 11.6 Å². The van der Waals surface area contributed by atoms with Gasteiger partial charge in [-0.2, -0.15) is 9.03 Å². The molecule has 10 heteroatoms. The molecule has 0 aliphatic rings. The Bertz CT molecular complexity index is 882. The second-order valence-corrected chi connectivity index (χ2v) is 3.61. The van der Waals surface area contributed by atoms with Crippen molar-refractivity contribution < 1.29 is 0 Å². The maximum Gasteiger partial charge on any atom is 0.273 e. The van der Waals surface area contributed by atoms with Gasteiger partial charge in [-0.25, -0.2) is 19.9 Å². The van der Waals surface area contributed by atoms with E-state index in [1.165, 1.54) is 46.2 Å². The lowest BCUT2D eigenvalue weighted by Crippen LogP contribution is -2.12. The van der Waals surface area contributed by atoms with Crippen LogP contribution in [0.15, 0.2) is 46.8 Å². The number of hydrogen-bond acceptors (Lipinski definition) is 6. The zero-order valence-corrected chi connectivity index (χ0v) is 9.96. The smallest absolute Gasteiger partial charge is 0.273 e. The van der Waals surface area contributed by atoms with Gasteiger partial charge in [0, 0.05) is 24.5 Å². The van der Waals surface area contributed by atoms with Gasteiger partial charge in [-0.05, 0) is 0 Å². The number of nitrogens with one attached hydrogen (secondary N) is 2. The third-order valence-electron chi connectivity index (χ3n) is 2.39. The van der Waals surface area contributed by atoms with Gasteiger partial charge in [0.15, 0.2) is 0 Å². The van der Waals surface area contributed by atoms with E-state index in [0.717, 1.165) is 0 Å².